The van der Waals surface area contributed by atoms with Crippen LogP contribution in [-0.4, -0.2) is 35.4 Å². The maximum Gasteiger partial charge on any atom is 0.208 e. The molecule has 0 bridgehead atoms. The summed E-state index contributed by atoms with van der Waals surface area (Å²) in [5, 5.41) is 19.7. The molecular weight excluding hydrogens is 264 g/mol. The lowest BCUT2D eigenvalue weighted by Gasteiger charge is -2.40. The smallest absolute Gasteiger partial charge is 0.208 e. The molecule has 20 heavy (non-hydrogen) atoms. The summed E-state index contributed by atoms with van der Waals surface area (Å²) in [4.78, 5) is 6.88. The van der Waals surface area contributed by atoms with Gasteiger partial charge in [-0.2, -0.15) is 10.5 Å². The number of fused-ring (bicyclic) bond motifs is 1. The van der Waals surface area contributed by atoms with Crippen LogP contribution in [0, 0.1) is 28.1 Å². The standard InChI is InChI=1S/C15H22N4Si/c1-11-13(3)14(8-16)7-12(2,10-20(4,5)6)15(9-17,18-11)19(13)14/h7,10H2,1-6H3/t12-,13?,14?,15-,19?/m0/s1. The van der Waals surface area contributed by atoms with Crippen molar-refractivity contribution in [3.05, 3.63) is 0 Å². The summed E-state index contributed by atoms with van der Waals surface area (Å²) in [5.74, 6) is 0. The molecule has 0 radical (unpaired) electrons. The van der Waals surface area contributed by atoms with E-state index in [1.165, 1.54) is 0 Å². The third kappa shape index (κ3) is 1.10. The number of hydrogen-bond acceptors (Lipinski definition) is 4. The molecule has 106 valence electrons. The Hall–Kier alpha value is -1.17. The van der Waals surface area contributed by atoms with Crippen LogP contribution < -0.4 is 0 Å². The third-order valence-corrected chi connectivity index (χ3v) is 7.53. The minimum Gasteiger partial charge on any atom is -0.254 e. The normalized spacial score (nSPS) is 52.0. The molecule has 3 aliphatic rings. The Morgan fingerprint density at radius 3 is 2.30 bits per heavy atom. The van der Waals surface area contributed by atoms with Crippen LogP contribution in [0.2, 0.25) is 25.7 Å². The van der Waals surface area contributed by atoms with Gasteiger partial charge in [0.1, 0.15) is 11.6 Å². The number of rotatable bonds is 2. The summed E-state index contributed by atoms with van der Waals surface area (Å²) in [6.07, 6.45) is 0.770. The summed E-state index contributed by atoms with van der Waals surface area (Å²) in [5.41, 5.74) is -0.875. The van der Waals surface area contributed by atoms with Crippen LogP contribution in [0.4, 0.5) is 0 Å². The molecule has 2 fully saturated rings. The van der Waals surface area contributed by atoms with Crippen LogP contribution >= 0.6 is 0 Å². The molecule has 0 N–H and O–H groups in total. The van der Waals surface area contributed by atoms with Gasteiger partial charge in [-0.3, -0.25) is 4.99 Å². The largest absolute Gasteiger partial charge is 0.254 e. The summed E-state index contributed by atoms with van der Waals surface area (Å²) in [6.45, 7) is 13.2. The average molecular weight is 286 g/mol. The number of piperidine rings is 1. The van der Waals surface area contributed by atoms with Crippen molar-refractivity contribution in [2.75, 3.05) is 0 Å². The van der Waals surface area contributed by atoms with E-state index in [2.05, 4.69) is 50.5 Å². The van der Waals surface area contributed by atoms with Crippen molar-refractivity contribution in [2.45, 2.75) is 69.6 Å². The zero-order valence-electron chi connectivity index (χ0n) is 13.2. The Morgan fingerprint density at radius 2 is 1.85 bits per heavy atom. The number of nitrogens with zero attached hydrogens (tertiary/aromatic N) is 4. The predicted molar refractivity (Wildman–Crippen MR) is 80.9 cm³/mol. The highest BCUT2D eigenvalue weighted by molar-refractivity contribution is 6.76. The van der Waals surface area contributed by atoms with Gasteiger partial charge >= 0.3 is 0 Å². The van der Waals surface area contributed by atoms with Gasteiger partial charge in [-0.1, -0.05) is 26.6 Å². The molecule has 0 aliphatic carbocycles. The van der Waals surface area contributed by atoms with E-state index in [0.29, 0.717) is 0 Å². The van der Waals surface area contributed by atoms with Gasteiger partial charge in [-0.25, -0.2) is 4.90 Å². The second-order valence-electron chi connectivity index (χ2n) is 8.34. The highest BCUT2D eigenvalue weighted by atomic mass is 28.3. The summed E-state index contributed by atoms with van der Waals surface area (Å²) in [7, 11) is -1.35. The van der Waals surface area contributed by atoms with E-state index in [-0.39, 0.29) is 11.0 Å². The van der Waals surface area contributed by atoms with Crippen molar-refractivity contribution in [3.63, 3.8) is 0 Å². The maximum absolute atomic E-state index is 9.92. The molecule has 0 aromatic carbocycles. The van der Waals surface area contributed by atoms with Crippen LogP contribution in [0.1, 0.15) is 27.2 Å². The summed E-state index contributed by atoms with van der Waals surface area (Å²) < 4.78 is 0. The van der Waals surface area contributed by atoms with Crippen LogP contribution in [0.15, 0.2) is 4.99 Å². The molecule has 3 aliphatic heterocycles. The SMILES string of the molecule is CC1=N[C@@]2(C#N)N3C(C#N)(C[C@@]2(C)C[Si](C)(C)C)C13C. The van der Waals surface area contributed by atoms with Crippen molar-refractivity contribution in [1.82, 2.24) is 4.90 Å². The van der Waals surface area contributed by atoms with Gasteiger partial charge in [0, 0.05) is 19.2 Å². The van der Waals surface area contributed by atoms with Gasteiger partial charge in [-0.15, -0.1) is 0 Å². The van der Waals surface area contributed by atoms with E-state index >= 15 is 0 Å². The van der Waals surface area contributed by atoms with Gasteiger partial charge in [0.2, 0.25) is 5.66 Å². The molecule has 3 heterocycles. The predicted octanol–water partition coefficient (Wildman–Crippen LogP) is 2.77. The van der Waals surface area contributed by atoms with Gasteiger partial charge in [0.15, 0.2) is 0 Å². The van der Waals surface area contributed by atoms with Crippen molar-refractivity contribution in [1.29, 1.82) is 10.5 Å². The quantitative estimate of drug-likeness (QED) is 0.579. The van der Waals surface area contributed by atoms with E-state index in [1.54, 1.807) is 0 Å². The van der Waals surface area contributed by atoms with Crippen LogP contribution in [0.3, 0.4) is 0 Å². The summed E-state index contributed by atoms with van der Waals surface area (Å²) in [6, 6.07) is 6.05. The number of nitriles is 2. The molecule has 0 aromatic heterocycles. The van der Waals surface area contributed by atoms with Crippen molar-refractivity contribution < 1.29 is 0 Å². The fraction of sp³-hybridized carbons (Fsp3) is 0.800. The Kier molecular flexibility index (Phi) is 2.19. The Bertz CT molecular complexity index is 621. The fourth-order valence-electron chi connectivity index (χ4n) is 5.10. The molecule has 0 aromatic rings. The first-order valence-corrected chi connectivity index (χ1v) is 10.9. The van der Waals surface area contributed by atoms with Crippen molar-refractivity contribution >= 4 is 13.8 Å². The van der Waals surface area contributed by atoms with Gasteiger partial charge in [0.25, 0.3) is 0 Å². The molecule has 3 rings (SSSR count). The van der Waals surface area contributed by atoms with Crippen LogP contribution in [-0.2, 0) is 0 Å². The molecule has 3 unspecified atom stereocenters. The lowest BCUT2D eigenvalue weighted by atomic mass is 9.73. The zero-order chi connectivity index (χ0) is 15.2. The number of hydrogen-bond donors (Lipinski definition) is 0. The molecule has 2 saturated heterocycles. The Balaban J connectivity index is 2.17. The first kappa shape index (κ1) is 13.8. The second-order valence-corrected chi connectivity index (χ2v) is 13.8. The van der Waals surface area contributed by atoms with E-state index < -0.39 is 19.3 Å². The highest BCUT2D eigenvalue weighted by Crippen LogP contribution is 2.75. The summed E-state index contributed by atoms with van der Waals surface area (Å²) >= 11 is 0. The number of aliphatic imine (C=N–C) groups is 1. The lowest BCUT2D eigenvalue weighted by Crippen LogP contribution is -2.49. The molecule has 0 saturated carbocycles. The molecule has 5 heteroatoms. The molecular formula is C15H22N4Si. The molecule has 5 atom stereocenters. The van der Waals surface area contributed by atoms with Crippen LogP contribution in [0.5, 0.6) is 0 Å². The molecule has 0 spiro atoms. The first-order valence-electron chi connectivity index (χ1n) is 7.23. The Morgan fingerprint density at radius 1 is 1.25 bits per heavy atom. The average Bonchev–Trinajstić information content (AvgIpc) is 2.63. The third-order valence-electron chi connectivity index (χ3n) is 5.69. The lowest BCUT2D eigenvalue weighted by molar-refractivity contribution is 0.163. The van der Waals surface area contributed by atoms with Gasteiger partial charge in [-0.05, 0) is 26.3 Å². The second kappa shape index (κ2) is 3.18. The van der Waals surface area contributed by atoms with Gasteiger partial charge < -0.3 is 0 Å². The first-order chi connectivity index (χ1) is 9.03. The molecule has 4 nitrogen and oxygen atoms in total. The highest BCUT2D eigenvalue weighted by Gasteiger charge is 2.91. The van der Waals surface area contributed by atoms with E-state index in [9.17, 15) is 10.5 Å². The minimum atomic E-state index is -1.35. The van der Waals surface area contributed by atoms with E-state index in [1.807, 2.05) is 6.92 Å². The van der Waals surface area contributed by atoms with E-state index in [4.69, 9.17) is 4.99 Å². The zero-order valence-corrected chi connectivity index (χ0v) is 14.2. The fourth-order valence-corrected chi connectivity index (χ4v) is 7.81. The van der Waals surface area contributed by atoms with Crippen molar-refractivity contribution in [2.24, 2.45) is 10.4 Å². The molecule has 0 amide bonds. The minimum absolute atomic E-state index is 0.209. The maximum atomic E-state index is 9.92. The van der Waals surface area contributed by atoms with Crippen LogP contribution in [0.25, 0.3) is 0 Å². The van der Waals surface area contributed by atoms with E-state index in [0.717, 1.165) is 18.2 Å². The van der Waals surface area contributed by atoms with Gasteiger partial charge in [0.05, 0.1) is 11.6 Å². The van der Waals surface area contributed by atoms with Crippen molar-refractivity contribution in [3.8, 4) is 12.1 Å². The Labute approximate surface area is 122 Å². The topological polar surface area (TPSA) is 62.9 Å². The monoisotopic (exact) mass is 286 g/mol.